The Balaban J connectivity index is 2.12. The Kier molecular flexibility index (Phi) is 5.82. The molecule has 0 saturated carbocycles. The van der Waals surface area contributed by atoms with Gasteiger partial charge < -0.3 is 4.90 Å². The highest BCUT2D eigenvalue weighted by Crippen LogP contribution is 2.51. The molecule has 0 amide bonds. The standard InChI is InChI=1S/C19H10Cl2F8N2/c20-13-6-12(15(22)14(21)16(13)23)17(19(27,28)29)3-4-31(8-17)10-2-1-9(7-30)11(5-10)18(24,25)26/h1-2,5-6H,3-4,8H2. The van der Waals surface area contributed by atoms with Crippen LogP contribution in [0.2, 0.25) is 10.0 Å². The molecule has 2 nitrogen and oxygen atoms in total. The molecule has 0 spiro atoms. The van der Waals surface area contributed by atoms with E-state index in [0.717, 1.165) is 17.0 Å². The third-order valence-electron chi connectivity index (χ3n) is 5.22. The van der Waals surface area contributed by atoms with Crippen molar-refractivity contribution in [2.24, 2.45) is 0 Å². The molecule has 1 heterocycles. The lowest BCUT2D eigenvalue weighted by molar-refractivity contribution is -0.185. The highest BCUT2D eigenvalue weighted by molar-refractivity contribution is 6.35. The van der Waals surface area contributed by atoms with Gasteiger partial charge in [-0.05, 0) is 30.7 Å². The molecular formula is C19H10Cl2F8N2. The van der Waals surface area contributed by atoms with Gasteiger partial charge in [0.15, 0.2) is 5.82 Å². The minimum absolute atomic E-state index is 0.239. The fraction of sp³-hybridized carbons (Fsp3) is 0.316. The van der Waals surface area contributed by atoms with Crippen LogP contribution in [-0.2, 0) is 11.6 Å². The first kappa shape index (κ1) is 23.4. The summed E-state index contributed by atoms with van der Waals surface area (Å²) in [6.45, 7) is -1.36. The van der Waals surface area contributed by atoms with Crippen LogP contribution < -0.4 is 4.90 Å². The normalized spacial score (nSPS) is 19.6. The van der Waals surface area contributed by atoms with E-state index in [-0.39, 0.29) is 5.69 Å². The molecule has 1 atom stereocenters. The predicted octanol–water partition coefficient (Wildman–Crippen LogP) is 6.87. The molecule has 1 unspecified atom stereocenters. The molecule has 1 saturated heterocycles. The van der Waals surface area contributed by atoms with Crippen molar-refractivity contribution in [2.75, 3.05) is 18.0 Å². The number of halogens is 10. The summed E-state index contributed by atoms with van der Waals surface area (Å²) in [5.41, 5.74) is -6.14. The van der Waals surface area contributed by atoms with Crippen molar-refractivity contribution in [1.29, 1.82) is 5.26 Å². The van der Waals surface area contributed by atoms with Gasteiger partial charge in [0.05, 0.1) is 22.2 Å². The average Bonchev–Trinajstić information content (AvgIpc) is 3.14. The molecule has 0 bridgehead atoms. The van der Waals surface area contributed by atoms with Crippen molar-refractivity contribution in [3.05, 3.63) is 62.6 Å². The predicted molar refractivity (Wildman–Crippen MR) is 97.1 cm³/mol. The molecule has 3 rings (SSSR count). The molecule has 1 fully saturated rings. The second-order valence-corrected chi connectivity index (χ2v) is 7.72. The van der Waals surface area contributed by atoms with E-state index in [9.17, 15) is 35.1 Å². The maximum absolute atomic E-state index is 14.6. The maximum Gasteiger partial charge on any atom is 0.417 e. The van der Waals surface area contributed by atoms with Crippen molar-refractivity contribution < 1.29 is 35.1 Å². The monoisotopic (exact) mass is 488 g/mol. The van der Waals surface area contributed by atoms with E-state index >= 15 is 0 Å². The van der Waals surface area contributed by atoms with Crippen LogP contribution in [0.4, 0.5) is 40.8 Å². The van der Waals surface area contributed by atoms with Crippen LogP contribution >= 0.6 is 23.2 Å². The van der Waals surface area contributed by atoms with Crippen molar-refractivity contribution in [2.45, 2.75) is 24.2 Å². The van der Waals surface area contributed by atoms with Gasteiger partial charge in [0.25, 0.3) is 0 Å². The van der Waals surface area contributed by atoms with Crippen molar-refractivity contribution in [3.63, 3.8) is 0 Å². The number of alkyl halides is 6. The lowest BCUT2D eigenvalue weighted by Gasteiger charge is -2.33. The van der Waals surface area contributed by atoms with Crippen LogP contribution in [0.25, 0.3) is 0 Å². The Bertz CT molecular complexity index is 1070. The number of nitriles is 1. The van der Waals surface area contributed by atoms with Crippen molar-refractivity contribution in [1.82, 2.24) is 0 Å². The highest BCUT2D eigenvalue weighted by Gasteiger charge is 2.60. The number of hydrogen-bond donors (Lipinski definition) is 0. The van der Waals surface area contributed by atoms with E-state index in [1.54, 1.807) is 0 Å². The zero-order chi connectivity index (χ0) is 23.4. The molecular weight excluding hydrogens is 479 g/mol. The van der Waals surface area contributed by atoms with Gasteiger partial charge in [-0.3, -0.25) is 0 Å². The van der Waals surface area contributed by atoms with Crippen LogP contribution in [0, 0.1) is 23.0 Å². The summed E-state index contributed by atoms with van der Waals surface area (Å²) in [6.07, 6.45) is -10.7. The summed E-state index contributed by atoms with van der Waals surface area (Å²) in [4.78, 5) is 0.981. The Morgan fingerprint density at radius 1 is 1.00 bits per heavy atom. The zero-order valence-corrected chi connectivity index (χ0v) is 16.6. The summed E-state index contributed by atoms with van der Waals surface area (Å²) in [5, 5.41) is 6.85. The van der Waals surface area contributed by atoms with Gasteiger partial charge in [-0.1, -0.05) is 23.2 Å². The van der Waals surface area contributed by atoms with Gasteiger partial charge in [0, 0.05) is 24.3 Å². The first-order valence-corrected chi connectivity index (χ1v) is 9.25. The summed E-state index contributed by atoms with van der Waals surface area (Å²) in [7, 11) is 0. The van der Waals surface area contributed by atoms with Gasteiger partial charge in [0.1, 0.15) is 16.3 Å². The Hall–Kier alpha value is -2.25. The van der Waals surface area contributed by atoms with E-state index in [2.05, 4.69) is 0 Å². The summed E-state index contributed by atoms with van der Waals surface area (Å²) < 4.78 is 110. The summed E-state index contributed by atoms with van der Waals surface area (Å²) in [5.74, 6) is -3.06. The van der Waals surface area contributed by atoms with E-state index in [1.807, 2.05) is 0 Å². The van der Waals surface area contributed by atoms with Gasteiger partial charge in [-0.2, -0.15) is 31.6 Å². The first-order valence-electron chi connectivity index (χ1n) is 8.49. The largest absolute Gasteiger partial charge is 0.417 e. The number of anilines is 1. The number of rotatable bonds is 2. The molecule has 0 aliphatic carbocycles. The molecule has 2 aromatic carbocycles. The summed E-state index contributed by atoms with van der Waals surface area (Å²) in [6, 6.07) is 4.35. The van der Waals surface area contributed by atoms with E-state index in [0.29, 0.717) is 12.1 Å². The van der Waals surface area contributed by atoms with Crippen LogP contribution in [0.1, 0.15) is 23.1 Å². The van der Waals surface area contributed by atoms with E-state index in [4.69, 9.17) is 28.5 Å². The van der Waals surface area contributed by atoms with Gasteiger partial charge in [0.2, 0.25) is 0 Å². The van der Waals surface area contributed by atoms with Crippen molar-refractivity contribution in [3.8, 4) is 6.07 Å². The Labute approximate surface area is 180 Å². The molecule has 1 aliphatic heterocycles. The molecule has 2 aromatic rings. The zero-order valence-electron chi connectivity index (χ0n) is 15.1. The van der Waals surface area contributed by atoms with E-state index < -0.39 is 75.6 Å². The average molecular weight is 489 g/mol. The third-order valence-corrected chi connectivity index (χ3v) is 5.83. The Morgan fingerprint density at radius 3 is 2.19 bits per heavy atom. The highest BCUT2D eigenvalue weighted by atomic mass is 35.5. The van der Waals surface area contributed by atoms with Gasteiger partial charge in [-0.15, -0.1) is 0 Å². The van der Waals surface area contributed by atoms with Crippen LogP contribution in [0.15, 0.2) is 24.3 Å². The number of hydrogen-bond acceptors (Lipinski definition) is 2. The molecule has 166 valence electrons. The fourth-order valence-corrected chi connectivity index (χ4v) is 4.07. The molecule has 0 aromatic heterocycles. The maximum atomic E-state index is 14.6. The second-order valence-electron chi connectivity index (χ2n) is 6.94. The lowest BCUT2D eigenvalue weighted by atomic mass is 9.78. The molecule has 0 N–H and O–H groups in total. The van der Waals surface area contributed by atoms with Crippen molar-refractivity contribution >= 4 is 28.9 Å². The minimum Gasteiger partial charge on any atom is -0.370 e. The van der Waals surface area contributed by atoms with Crippen LogP contribution in [-0.4, -0.2) is 19.3 Å². The van der Waals surface area contributed by atoms with Crippen LogP contribution in [0.5, 0.6) is 0 Å². The number of benzene rings is 2. The SMILES string of the molecule is N#Cc1ccc(N2CCC(c3cc(Cl)c(F)c(Cl)c3F)(C(F)(F)F)C2)cc1C(F)(F)F. The first-order chi connectivity index (χ1) is 14.2. The smallest absolute Gasteiger partial charge is 0.370 e. The lowest BCUT2D eigenvalue weighted by Crippen LogP contribution is -2.45. The quantitative estimate of drug-likeness (QED) is 0.262. The van der Waals surface area contributed by atoms with Gasteiger partial charge >= 0.3 is 12.4 Å². The minimum atomic E-state index is -5.06. The Morgan fingerprint density at radius 2 is 1.65 bits per heavy atom. The number of nitrogens with zero attached hydrogens (tertiary/aromatic N) is 2. The third kappa shape index (κ3) is 3.89. The molecule has 1 aliphatic rings. The molecule has 0 radical (unpaired) electrons. The van der Waals surface area contributed by atoms with E-state index in [1.165, 1.54) is 6.07 Å². The van der Waals surface area contributed by atoms with Crippen LogP contribution in [0.3, 0.4) is 0 Å². The second kappa shape index (κ2) is 7.71. The fourth-order valence-electron chi connectivity index (χ4n) is 3.62. The molecule has 12 heteroatoms. The van der Waals surface area contributed by atoms with Gasteiger partial charge in [-0.25, -0.2) is 8.78 Å². The molecule has 31 heavy (non-hydrogen) atoms. The topological polar surface area (TPSA) is 27.0 Å². The summed E-state index contributed by atoms with van der Waals surface area (Å²) >= 11 is 11.0.